The zero-order valence-corrected chi connectivity index (χ0v) is 15.5. The van der Waals surface area contributed by atoms with Crippen LogP contribution in [0.5, 0.6) is 5.88 Å². The topological polar surface area (TPSA) is 55.6 Å². The molecule has 1 aliphatic carbocycles. The van der Waals surface area contributed by atoms with E-state index in [4.69, 9.17) is 4.74 Å². The molecule has 0 aliphatic heterocycles. The summed E-state index contributed by atoms with van der Waals surface area (Å²) in [5.41, 5.74) is 0.775. The first-order valence-electron chi connectivity index (χ1n) is 9.46. The van der Waals surface area contributed by atoms with Gasteiger partial charge < -0.3 is 14.5 Å². The number of nitrogens with zero attached hydrogens (tertiary/aromatic N) is 2. The Labute approximate surface area is 165 Å². The molecule has 0 radical (unpaired) electrons. The third-order valence-electron chi connectivity index (χ3n) is 5.13. The maximum atomic E-state index is 12.6. The van der Waals surface area contributed by atoms with Crippen LogP contribution in [0.1, 0.15) is 41.6 Å². The van der Waals surface area contributed by atoms with Gasteiger partial charge in [0.1, 0.15) is 6.10 Å². The number of carbonyl (C=O) groups excluding carboxylic acids is 1. The van der Waals surface area contributed by atoms with Crippen LogP contribution in [0, 0.1) is 0 Å². The normalized spacial score (nSPS) is 19.8. The zero-order valence-electron chi connectivity index (χ0n) is 15.5. The van der Waals surface area contributed by atoms with E-state index < -0.39 is 11.7 Å². The molecule has 0 bridgehead atoms. The first kappa shape index (κ1) is 19.3. The van der Waals surface area contributed by atoms with Crippen molar-refractivity contribution < 1.29 is 22.7 Å². The average molecular weight is 403 g/mol. The number of alkyl halides is 3. The van der Waals surface area contributed by atoms with Crippen LogP contribution in [-0.4, -0.2) is 27.4 Å². The summed E-state index contributed by atoms with van der Waals surface area (Å²) in [4.78, 5) is 16.3. The molecule has 1 amide bonds. The van der Waals surface area contributed by atoms with Gasteiger partial charge in [0.15, 0.2) is 0 Å². The molecule has 1 fully saturated rings. The van der Waals surface area contributed by atoms with E-state index in [1.807, 2.05) is 34.9 Å². The third-order valence-corrected chi connectivity index (χ3v) is 5.13. The van der Waals surface area contributed by atoms with Crippen molar-refractivity contribution in [2.75, 3.05) is 0 Å². The highest BCUT2D eigenvalue weighted by Crippen LogP contribution is 2.30. The predicted octanol–water partition coefficient (Wildman–Crippen LogP) is 4.47. The lowest BCUT2D eigenvalue weighted by atomic mass is 9.93. The first-order valence-corrected chi connectivity index (χ1v) is 9.46. The second-order valence-electron chi connectivity index (χ2n) is 7.21. The van der Waals surface area contributed by atoms with Crippen LogP contribution >= 0.6 is 0 Å². The molecule has 5 nitrogen and oxygen atoms in total. The van der Waals surface area contributed by atoms with E-state index in [1.165, 1.54) is 6.07 Å². The summed E-state index contributed by atoms with van der Waals surface area (Å²) >= 11 is 0. The standard InChI is InChI=1S/C21H20F3N3O2/c22-21(23,24)15-4-9-19(25-12-15)29-18-7-5-16(6-8-18)26-20(28)14-11-17-3-1-2-10-27(17)13-14/h1-4,9-13,16,18H,5-8H2,(H,26,28). The second kappa shape index (κ2) is 7.77. The lowest BCUT2D eigenvalue weighted by Crippen LogP contribution is -2.39. The Morgan fingerprint density at radius 1 is 1.14 bits per heavy atom. The van der Waals surface area contributed by atoms with E-state index in [0.717, 1.165) is 30.6 Å². The fourth-order valence-electron chi connectivity index (χ4n) is 3.56. The van der Waals surface area contributed by atoms with E-state index in [2.05, 4.69) is 10.3 Å². The number of halogens is 3. The van der Waals surface area contributed by atoms with Gasteiger partial charge in [-0.05, 0) is 49.9 Å². The van der Waals surface area contributed by atoms with Crippen LogP contribution in [0.3, 0.4) is 0 Å². The van der Waals surface area contributed by atoms with E-state index in [9.17, 15) is 18.0 Å². The van der Waals surface area contributed by atoms with Gasteiger partial charge in [0.25, 0.3) is 5.91 Å². The SMILES string of the molecule is O=C(NC1CCC(Oc2ccc(C(F)(F)F)cn2)CC1)c1cc2ccccn2c1. The molecule has 8 heteroatoms. The van der Waals surface area contributed by atoms with Crippen LogP contribution in [0.4, 0.5) is 13.2 Å². The molecule has 1 N–H and O–H groups in total. The van der Waals surface area contributed by atoms with Gasteiger partial charge in [0.2, 0.25) is 5.88 Å². The van der Waals surface area contributed by atoms with Crippen molar-refractivity contribution in [1.82, 2.24) is 14.7 Å². The summed E-state index contributed by atoms with van der Waals surface area (Å²) in [6.45, 7) is 0. The molecule has 3 aromatic heterocycles. The summed E-state index contributed by atoms with van der Waals surface area (Å²) in [6.07, 6.45) is 2.83. The van der Waals surface area contributed by atoms with Crippen LogP contribution < -0.4 is 10.1 Å². The van der Waals surface area contributed by atoms with E-state index in [1.54, 1.807) is 6.20 Å². The number of ether oxygens (including phenoxy) is 1. The number of amides is 1. The summed E-state index contributed by atoms with van der Waals surface area (Å²) in [5.74, 6) is 0.0773. The monoisotopic (exact) mass is 403 g/mol. The number of hydrogen-bond acceptors (Lipinski definition) is 3. The number of aromatic nitrogens is 2. The Balaban J connectivity index is 1.28. The van der Waals surface area contributed by atoms with E-state index in [-0.39, 0.29) is 23.9 Å². The van der Waals surface area contributed by atoms with Gasteiger partial charge >= 0.3 is 6.18 Å². The van der Waals surface area contributed by atoms with Gasteiger partial charge in [-0.15, -0.1) is 0 Å². The molecule has 0 aromatic carbocycles. The highest BCUT2D eigenvalue weighted by atomic mass is 19.4. The molecule has 4 rings (SSSR count). The molecule has 29 heavy (non-hydrogen) atoms. The summed E-state index contributed by atoms with van der Waals surface area (Å²) in [7, 11) is 0. The largest absolute Gasteiger partial charge is 0.474 e. The predicted molar refractivity (Wildman–Crippen MR) is 101 cm³/mol. The number of carbonyl (C=O) groups is 1. The lowest BCUT2D eigenvalue weighted by molar-refractivity contribution is -0.137. The minimum Gasteiger partial charge on any atom is -0.474 e. The molecule has 3 heterocycles. The number of nitrogens with one attached hydrogen (secondary N) is 1. The van der Waals surface area contributed by atoms with Crippen LogP contribution in [0.25, 0.3) is 5.52 Å². The van der Waals surface area contributed by atoms with Crippen molar-refractivity contribution in [3.05, 3.63) is 66.1 Å². The Kier molecular flexibility index (Phi) is 5.17. The number of rotatable bonds is 4. The molecule has 0 unspecified atom stereocenters. The number of pyridine rings is 2. The van der Waals surface area contributed by atoms with Crippen LogP contribution in [0.2, 0.25) is 0 Å². The Morgan fingerprint density at radius 3 is 2.59 bits per heavy atom. The molecular weight excluding hydrogens is 383 g/mol. The molecule has 0 atom stereocenters. The van der Waals surface area contributed by atoms with Crippen LogP contribution in [-0.2, 0) is 6.18 Å². The second-order valence-corrected chi connectivity index (χ2v) is 7.21. The van der Waals surface area contributed by atoms with Crippen molar-refractivity contribution in [2.24, 2.45) is 0 Å². The summed E-state index contributed by atoms with van der Waals surface area (Å²) < 4.78 is 45.4. The zero-order chi connectivity index (χ0) is 20.4. The maximum absolute atomic E-state index is 12.6. The lowest BCUT2D eigenvalue weighted by Gasteiger charge is -2.29. The van der Waals surface area contributed by atoms with Crippen molar-refractivity contribution in [3.8, 4) is 5.88 Å². The van der Waals surface area contributed by atoms with Gasteiger partial charge in [-0.3, -0.25) is 4.79 Å². The minimum absolute atomic E-state index is 0.0472. The summed E-state index contributed by atoms with van der Waals surface area (Å²) in [6, 6.07) is 9.87. The maximum Gasteiger partial charge on any atom is 0.417 e. The first-order chi connectivity index (χ1) is 13.9. The molecule has 1 aliphatic rings. The van der Waals surface area contributed by atoms with E-state index in [0.29, 0.717) is 18.4 Å². The molecule has 0 spiro atoms. The van der Waals surface area contributed by atoms with E-state index >= 15 is 0 Å². The number of hydrogen-bond donors (Lipinski definition) is 1. The highest BCUT2D eigenvalue weighted by Gasteiger charge is 2.31. The van der Waals surface area contributed by atoms with Crippen molar-refractivity contribution in [2.45, 2.75) is 44.0 Å². The molecule has 0 saturated heterocycles. The fourth-order valence-corrected chi connectivity index (χ4v) is 3.56. The van der Waals surface area contributed by atoms with Crippen LogP contribution in [0.15, 0.2) is 55.0 Å². The molecule has 1 saturated carbocycles. The van der Waals surface area contributed by atoms with Gasteiger partial charge in [-0.2, -0.15) is 13.2 Å². The molecule has 3 aromatic rings. The van der Waals surface area contributed by atoms with Gasteiger partial charge in [0.05, 0.1) is 11.1 Å². The Bertz CT molecular complexity index is 957. The Morgan fingerprint density at radius 2 is 1.93 bits per heavy atom. The smallest absolute Gasteiger partial charge is 0.417 e. The van der Waals surface area contributed by atoms with Gasteiger partial charge in [-0.25, -0.2) is 4.98 Å². The van der Waals surface area contributed by atoms with Gasteiger partial charge in [-0.1, -0.05) is 6.07 Å². The average Bonchev–Trinajstić information content (AvgIpc) is 3.14. The number of fused-ring (bicyclic) bond motifs is 1. The molecule has 152 valence electrons. The minimum atomic E-state index is -4.41. The van der Waals surface area contributed by atoms with Crippen molar-refractivity contribution >= 4 is 11.4 Å². The summed E-state index contributed by atoms with van der Waals surface area (Å²) in [5, 5.41) is 3.06. The fraction of sp³-hybridized carbons (Fsp3) is 0.333. The van der Waals surface area contributed by atoms with Crippen molar-refractivity contribution in [3.63, 3.8) is 0 Å². The quantitative estimate of drug-likeness (QED) is 0.699. The highest BCUT2D eigenvalue weighted by molar-refractivity contribution is 5.95. The van der Waals surface area contributed by atoms with Crippen molar-refractivity contribution in [1.29, 1.82) is 0 Å². The third kappa shape index (κ3) is 4.52. The molecular formula is C21H20F3N3O2. The Hall–Kier alpha value is -3.03. The van der Waals surface area contributed by atoms with Gasteiger partial charge in [0, 0.05) is 36.2 Å².